The summed E-state index contributed by atoms with van der Waals surface area (Å²) in [4.78, 5) is 6.19. The molecule has 2 aromatic carbocycles. The van der Waals surface area contributed by atoms with Crippen LogP contribution in [0.4, 0.5) is 0 Å². The van der Waals surface area contributed by atoms with E-state index in [0.29, 0.717) is 19.1 Å². The first-order chi connectivity index (χ1) is 11.8. The first-order valence-electron chi connectivity index (χ1n) is 8.43. The zero-order valence-electron chi connectivity index (χ0n) is 14.0. The van der Waals surface area contributed by atoms with E-state index in [4.69, 9.17) is 9.57 Å². The minimum absolute atomic E-state index is 0.264. The molecule has 1 heterocycles. The van der Waals surface area contributed by atoms with Gasteiger partial charge in [0.05, 0.1) is 25.4 Å². The third-order valence-electron chi connectivity index (χ3n) is 4.57. The fourth-order valence-corrected chi connectivity index (χ4v) is 4.01. The molecule has 3 atom stereocenters. The van der Waals surface area contributed by atoms with Gasteiger partial charge in [-0.1, -0.05) is 90.2 Å². The van der Waals surface area contributed by atoms with Crippen LogP contribution in [0.15, 0.2) is 60.7 Å². The van der Waals surface area contributed by atoms with Crippen molar-refractivity contribution < 1.29 is 9.57 Å². The van der Waals surface area contributed by atoms with E-state index >= 15 is 0 Å². The van der Waals surface area contributed by atoms with Gasteiger partial charge >= 0.3 is 0 Å². The van der Waals surface area contributed by atoms with Crippen LogP contribution < -0.4 is 0 Å². The second kappa shape index (κ2) is 8.94. The minimum atomic E-state index is 0.264. The Balaban J connectivity index is 1.61. The molecule has 1 fully saturated rings. The maximum absolute atomic E-state index is 6.19. The number of ether oxygens (including phenoxy) is 1. The first kappa shape index (κ1) is 17.9. The van der Waals surface area contributed by atoms with Gasteiger partial charge in [0.1, 0.15) is 0 Å². The van der Waals surface area contributed by atoms with Gasteiger partial charge in [-0.05, 0) is 11.1 Å². The molecule has 3 nitrogen and oxygen atoms in total. The maximum atomic E-state index is 6.19. The maximum Gasteiger partial charge on any atom is 0.0924 e. The van der Waals surface area contributed by atoms with Gasteiger partial charge in [-0.25, -0.2) is 0 Å². The van der Waals surface area contributed by atoms with Gasteiger partial charge in [0, 0.05) is 16.9 Å². The van der Waals surface area contributed by atoms with Crippen molar-refractivity contribution in [2.75, 3.05) is 11.0 Å². The fourth-order valence-electron chi connectivity index (χ4n) is 3.05. The van der Waals surface area contributed by atoms with Crippen LogP contribution in [0.1, 0.15) is 18.1 Å². The van der Waals surface area contributed by atoms with Crippen molar-refractivity contribution in [3.63, 3.8) is 0 Å². The molecular formula is C20H24INO2. The molecule has 0 amide bonds. The Morgan fingerprint density at radius 2 is 1.62 bits per heavy atom. The van der Waals surface area contributed by atoms with Gasteiger partial charge in [0.25, 0.3) is 0 Å². The number of halogens is 1. The Labute approximate surface area is 158 Å². The Morgan fingerprint density at radius 1 is 1.00 bits per heavy atom. The van der Waals surface area contributed by atoms with Gasteiger partial charge in [-0.3, -0.25) is 4.84 Å². The van der Waals surface area contributed by atoms with Crippen LogP contribution in [0.3, 0.4) is 0 Å². The second-order valence-electron chi connectivity index (χ2n) is 6.29. The molecule has 24 heavy (non-hydrogen) atoms. The first-order valence-corrected chi connectivity index (χ1v) is 9.95. The van der Waals surface area contributed by atoms with Crippen molar-refractivity contribution in [3.05, 3.63) is 71.8 Å². The standard InChI is InChI=1S/C20H24INO2/c1-16-19(15-23-14-18-10-6-3-7-11-18)22(24-20(16)12-21)13-17-8-4-2-5-9-17/h2-11,16,19-20H,12-15H2,1H3. The van der Waals surface area contributed by atoms with Crippen LogP contribution >= 0.6 is 22.6 Å². The van der Waals surface area contributed by atoms with E-state index in [-0.39, 0.29) is 12.1 Å². The van der Waals surface area contributed by atoms with Crippen LogP contribution in [0, 0.1) is 5.92 Å². The molecule has 0 radical (unpaired) electrons. The fraction of sp³-hybridized carbons (Fsp3) is 0.400. The van der Waals surface area contributed by atoms with E-state index < -0.39 is 0 Å². The second-order valence-corrected chi connectivity index (χ2v) is 7.17. The molecule has 128 valence electrons. The van der Waals surface area contributed by atoms with E-state index in [1.165, 1.54) is 11.1 Å². The summed E-state index contributed by atoms with van der Waals surface area (Å²) in [6, 6.07) is 21.1. The topological polar surface area (TPSA) is 21.7 Å². The lowest BCUT2D eigenvalue weighted by atomic mass is 9.98. The summed E-state index contributed by atoms with van der Waals surface area (Å²) in [5, 5.41) is 2.12. The molecule has 3 rings (SSSR count). The quantitative estimate of drug-likeness (QED) is 0.472. The monoisotopic (exact) mass is 437 g/mol. The Morgan fingerprint density at radius 3 is 2.25 bits per heavy atom. The van der Waals surface area contributed by atoms with Crippen LogP contribution in [0.5, 0.6) is 0 Å². The molecule has 0 aromatic heterocycles. The number of hydrogen-bond acceptors (Lipinski definition) is 3. The zero-order valence-corrected chi connectivity index (χ0v) is 16.1. The predicted octanol–water partition coefficient (Wildman–Crippen LogP) is 4.46. The normalized spacial score (nSPS) is 24.3. The molecule has 4 heteroatoms. The molecule has 0 bridgehead atoms. The molecule has 2 aromatic rings. The number of hydroxylamine groups is 2. The highest BCUT2D eigenvalue weighted by molar-refractivity contribution is 14.1. The summed E-state index contributed by atoms with van der Waals surface area (Å²) in [7, 11) is 0. The van der Waals surface area contributed by atoms with E-state index in [1.54, 1.807) is 0 Å². The Bertz CT molecular complexity index is 608. The van der Waals surface area contributed by atoms with Gasteiger partial charge < -0.3 is 4.74 Å². The van der Waals surface area contributed by atoms with Crippen LogP contribution in [0.25, 0.3) is 0 Å². The smallest absolute Gasteiger partial charge is 0.0924 e. The van der Waals surface area contributed by atoms with Crippen LogP contribution in [-0.4, -0.2) is 28.2 Å². The zero-order chi connectivity index (χ0) is 16.8. The molecule has 0 saturated carbocycles. The summed E-state index contributed by atoms with van der Waals surface area (Å²) < 4.78 is 7.01. The number of nitrogens with zero attached hydrogens (tertiary/aromatic N) is 1. The Hall–Kier alpha value is -0.950. The van der Waals surface area contributed by atoms with Gasteiger partial charge in [-0.2, -0.15) is 5.06 Å². The van der Waals surface area contributed by atoms with Gasteiger partial charge in [0.2, 0.25) is 0 Å². The molecule has 1 aliphatic rings. The minimum Gasteiger partial charge on any atom is -0.375 e. The molecule has 3 unspecified atom stereocenters. The lowest BCUT2D eigenvalue weighted by Crippen LogP contribution is -2.35. The summed E-state index contributed by atoms with van der Waals surface area (Å²) in [6.07, 6.45) is 0.264. The van der Waals surface area contributed by atoms with Crippen molar-refractivity contribution in [1.29, 1.82) is 0 Å². The predicted molar refractivity (Wildman–Crippen MR) is 105 cm³/mol. The lowest BCUT2D eigenvalue weighted by molar-refractivity contribution is -0.171. The van der Waals surface area contributed by atoms with Crippen LogP contribution in [-0.2, 0) is 22.7 Å². The van der Waals surface area contributed by atoms with Crippen molar-refractivity contribution in [2.24, 2.45) is 5.92 Å². The number of hydrogen-bond donors (Lipinski definition) is 0. The van der Waals surface area contributed by atoms with E-state index in [9.17, 15) is 0 Å². The van der Waals surface area contributed by atoms with Crippen molar-refractivity contribution in [2.45, 2.75) is 32.2 Å². The molecule has 0 aliphatic carbocycles. The van der Waals surface area contributed by atoms with Gasteiger partial charge in [-0.15, -0.1) is 0 Å². The highest BCUT2D eigenvalue weighted by Gasteiger charge is 2.39. The highest BCUT2D eigenvalue weighted by Crippen LogP contribution is 2.30. The Kier molecular flexibility index (Phi) is 6.66. The largest absolute Gasteiger partial charge is 0.375 e. The molecular weight excluding hydrogens is 413 g/mol. The third kappa shape index (κ3) is 4.57. The van der Waals surface area contributed by atoms with E-state index in [0.717, 1.165) is 11.0 Å². The lowest BCUT2D eigenvalue weighted by Gasteiger charge is -2.24. The molecule has 1 aliphatic heterocycles. The number of benzene rings is 2. The average molecular weight is 437 g/mol. The number of alkyl halides is 1. The van der Waals surface area contributed by atoms with Crippen molar-refractivity contribution in [1.82, 2.24) is 5.06 Å². The van der Waals surface area contributed by atoms with Crippen molar-refractivity contribution in [3.8, 4) is 0 Å². The summed E-state index contributed by atoms with van der Waals surface area (Å²) in [5.41, 5.74) is 2.48. The molecule has 1 saturated heterocycles. The summed E-state index contributed by atoms with van der Waals surface area (Å²) in [5.74, 6) is 0.460. The molecule has 0 N–H and O–H groups in total. The van der Waals surface area contributed by atoms with E-state index in [2.05, 4.69) is 71.0 Å². The number of rotatable bonds is 7. The SMILES string of the molecule is CC1C(CI)ON(Cc2ccccc2)C1COCc1ccccc1. The van der Waals surface area contributed by atoms with E-state index in [1.807, 2.05) is 24.3 Å². The molecule has 0 spiro atoms. The summed E-state index contributed by atoms with van der Waals surface area (Å²) in [6.45, 7) is 4.41. The average Bonchev–Trinajstić information content (AvgIpc) is 2.92. The van der Waals surface area contributed by atoms with Crippen molar-refractivity contribution >= 4 is 22.6 Å². The van der Waals surface area contributed by atoms with Gasteiger partial charge in [0.15, 0.2) is 0 Å². The van der Waals surface area contributed by atoms with Crippen LogP contribution in [0.2, 0.25) is 0 Å². The third-order valence-corrected chi connectivity index (χ3v) is 5.44. The highest BCUT2D eigenvalue weighted by atomic mass is 127. The summed E-state index contributed by atoms with van der Waals surface area (Å²) >= 11 is 2.41.